The molecule has 2 aromatic carbocycles. The van der Waals surface area contributed by atoms with Gasteiger partial charge in [-0.1, -0.05) is 57.0 Å². The van der Waals surface area contributed by atoms with Crippen molar-refractivity contribution in [3.05, 3.63) is 59.2 Å². The number of fused-ring (bicyclic) bond motifs is 1. The third kappa shape index (κ3) is 7.55. The van der Waals surface area contributed by atoms with Crippen molar-refractivity contribution >= 4 is 28.2 Å². The van der Waals surface area contributed by atoms with Crippen molar-refractivity contribution in [3.63, 3.8) is 0 Å². The standard InChI is InChI=1S/C28H38F3N3O5S/c1-5-7-13-27(6-2)18-40(37,38)23-14-20(16-32-17-24(35)39-26(36)28(29,30)31)22(34(3)4)15-21(23)25(33-27)19-11-9-8-10-12-19/h8-12,14-15,25,32-33,37-38H,5-7,13,16-18H2,1-4H3/t25-,27-/m1/s1. The zero-order valence-electron chi connectivity index (χ0n) is 23.2. The Balaban J connectivity index is 2.02. The quantitative estimate of drug-likeness (QED) is 0.210. The molecule has 0 radical (unpaired) electrons. The summed E-state index contributed by atoms with van der Waals surface area (Å²) in [6.07, 6.45) is -1.94. The molecular weight excluding hydrogens is 547 g/mol. The monoisotopic (exact) mass is 585 g/mol. The van der Waals surface area contributed by atoms with Gasteiger partial charge >= 0.3 is 18.1 Å². The minimum Gasteiger partial charge on any atom is -0.385 e. The predicted molar refractivity (Wildman–Crippen MR) is 150 cm³/mol. The largest absolute Gasteiger partial charge is 0.491 e. The van der Waals surface area contributed by atoms with Gasteiger partial charge in [-0.15, -0.1) is 0 Å². The van der Waals surface area contributed by atoms with Crippen molar-refractivity contribution in [3.8, 4) is 0 Å². The number of hydrogen-bond acceptors (Lipinski definition) is 8. The number of carbonyl (C=O) groups excluding carboxylic acids is 2. The Morgan fingerprint density at radius 1 is 1.18 bits per heavy atom. The molecule has 0 aliphatic carbocycles. The van der Waals surface area contributed by atoms with Crippen LogP contribution in [0.5, 0.6) is 0 Å². The summed E-state index contributed by atoms with van der Waals surface area (Å²) in [5.41, 5.74) is 2.49. The van der Waals surface area contributed by atoms with Gasteiger partial charge < -0.3 is 15.0 Å². The van der Waals surface area contributed by atoms with E-state index in [4.69, 9.17) is 0 Å². The van der Waals surface area contributed by atoms with Crippen molar-refractivity contribution in [1.29, 1.82) is 0 Å². The normalized spacial score (nSPS) is 21.2. The highest BCUT2D eigenvalue weighted by atomic mass is 32.3. The minimum absolute atomic E-state index is 0.00378. The molecule has 0 amide bonds. The molecule has 2 atom stereocenters. The average molecular weight is 586 g/mol. The van der Waals surface area contributed by atoms with E-state index in [0.717, 1.165) is 36.1 Å². The van der Waals surface area contributed by atoms with E-state index in [1.54, 1.807) is 6.07 Å². The summed E-state index contributed by atoms with van der Waals surface area (Å²) in [4.78, 5) is 25.0. The SMILES string of the molecule is CCCC[C@]1(CC)CS(O)(O)c2cc(CNCC(=O)OC(=O)C(F)(F)F)c(N(C)C)cc2[C@@H](c2ccccc2)N1. The molecule has 1 aliphatic heterocycles. The van der Waals surface area contributed by atoms with Gasteiger partial charge in [0.25, 0.3) is 0 Å². The van der Waals surface area contributed by atoms with Crippen LogP contribution in [0.2, 0.25) is 0 Å². The summed E-state index contributed by atoms with van der Waals surface area (Å²) in [6.45, 7) is 3.49. The summed E-state index contributed by atoms with van der Waals surface area (Å²) in [5.74, 6) is -3.81. The lowest BCUT2D eigenvalue weighted by Gasteiger charge is -2.42. The Labute approximate surface area is 234 Å². The number of alkyl halides is 3. The van der Waals surface area contributed by atoms with E-state index in [2.05, 4.69) is 22.3 Å². The maximum Gasteiger partial charge on any atom is 0.491 e. The van der Waals surface area contributed by atoms with E-state index < -0.39 is 40.8 Å². The number of nitrogens with zero attached hydrogens (tertiary/aromatic N) is 1. The molecule has 0 aromatic heterocycles. The Bertz CT molecular complexity index is 1190. The number of rotatable bonds is 10. The molecule has 0 bridgehead atoms. The molecule has 0 saturated carbocycles. The Morgan fingerprint density at radius 2 is 1.85 bits per heavy atom. The Hall–Kier alpha value is -2.64. The van der Waals surface area contributed by atoms with Crippen molar-refractivity contribution in [2.45, 2.75) is 68.7 Å². The number of esters is 2. The molecular formula is C28H38F3N3O5S. The van der Waals surface area contributed by atoms with Gasteiger partial charge in [-0.2, -0.15) is 23.8 Å². The summed E-state index contributed by atoms with van der Waals surface area (Å²) < 4.78 is 64.3. The molecule has 0 saturated heterocycles. The second kappa shape index (κ2) is 12.9. The molecule has 2 aromatic rings. The molecule has 0 unspecified atom stereocenters. The van der Waals surface area contributed by atoms with Crippen LogP contribution in [0.3, 0.4) is 0 Å². The van der Waals surface area contributed by atoms with Crippen molar-refractivity contribution < 1.29 is 36.6 Å². The summed E-state index contributed by atoms with van der Waals surface area (Å²) >= 11 is 0. The lowest BCUT2D eigenvalue weighted by Crippen LogP contribution is -2.49. The van der Waals surface area contributed by atoms with Crippen LogP contribution in [0.1, 0.15) is 62.3 Å². The minimum atomic E-state index is -5.27. The number of benzene rings is 2. The van der Waals surface area contributed by atoms with Gasteiger partial charge in [0.15, 0.2) is 0 Å². The Kier molecular flexibility index (Phi) is 10.3. The van der Waals surface area contributed by atoms with Crippen molar-refractivity contribution in [1.82, 2.24) is 10.6 Å². The van der Waals surface area contributed by atoms with E-state index in [1.165, 1.54) is 0 Å². The predicted octanol–water partition coefficient (Wildman–Crippen LogP) is 5.62. The first-order chi connectivity index (χ1) is 18.7. The van der Waals surface area contributed by atoms with Crippen LogP contribution in [0.25, 0.3) is 0 Å². The molecule has 40 heavy (non-hydrogen) atoms. The number of anilines is 1. The lowest BCUT2D eigenvalue weighted by molar-refractivity contribution is -0.201. The first-order valence-corrected chi connectivity index (χ1v) is 14.9. The number of hydrogen-bond donors (Lipinski definition) is 4. The lowest BCUT2D eigenvalue weighted by atomic mass is 9.87. The van der Waals surface area contributed by atoms with Gasteiger partial charge in [-0.3, -0.25) is 19.2 Å². The Morgan fingerprint density at radius 3 is 2.42 bits per heavy atom. The van der Waals surface area contributed by atoms with Gasteiger partial charge in [0, 0.05) is 31.9 Å². The summed E-state index contributed by atoms with van der Waals surface area (Å²) in [6, 6.07) is 13.1. The molecule has 12 heteroatoms. The number of unbranched alkanes of at least 4 members (excludes halogenated alkanes) is 1. The molecule has 4 N–H and O–H groups in total. The van der Waals surface area contributed by atoms with Crippen molar-refractivity contribution in [2.75, 3.05) is 31.3 Å². The number of halogens is 3. The van der Waals surface area contributed by atoms with Crippen LogP contribution in [0.4, 0.5) is 18.9 Å². The first kappa shape index (κ1) is 31.9. The second-order valence-electron chi connectivity index (χ2n) is 10.3. The highest BCUT2D eigenvalue weighted by molar-refractivity contribution is 8.24. The number of carbonyl (C=O) groups is 2. The molecule has 0 fully saturated rings. The fourth-order valence-electron chi connectivity index (χ4n) is 5.03. The van der Waals surface area contributed by atoms with Crippen LogP contribution in [-0.2, 0) is 20.9 Å². The number of nitrogens with one attached hydrogen (secondary N) is 2. The van der Waals surface area contributed by atoms with Crippen LogP contribution in [0, 0.1) is 0 Å². The number of ether oxygens (including phenoxy) is 1. The van der Waals surface area contributed by atoms with E-state index in [9.17, 15) is 31.9 Å². The van der Waals surface area contributed by atoms with E-state index in [-0.39, 0.29) is 18.3 Å². The first-order valence-electron chi connectivity index (χ1n) is 13.2. The third-order valence-corrected chi connectivity index (χ3v) is 9.14. The topological polar surface area (TPSA) is 111 Å². The van der Waals surface area contributed by atoms with Gasteiger partial charge in [-0.25, -0.2) is 4.79 Å². The van der Waals surface area contributed by atoms with E-state index in [0.29, 0.717) is 16.9 Å². The molecule has 3 rings (SSSR count). The zero-order valence-corrected chi connectivity index (χ0v) is 24.0. The molecule has 8 nitrogen and oxygen atoms in total. The van der Waals surface area contributed by atoms with Crippen LogP contribution in [-0.4, -0.2) is 59.2 Å². The molecule has 1 heterocycles. The molecule has 1 aliphatic rings. The zero-order chi connectivity index (χ0) is 29.7. The van der Waals surface area contributed by atoms with Gasteiger partial charge in [0.05, 0.1) is 23.2 Å². The third-order valence-electron chi connectivity index (χ3n) is 7.13. The average Bonchev–Trinajstić information content (AvgIpc) is 2.99. The highest BCUT2D eigenvalue weighted by Gasteiger charge is 2.43. The fourth-order valence-corrected chi connectivity index (χ4v) is 7.27. The van der Waals surface area contributed by atoms with Crippen LogP contribution < -0.4 is 15.5 Å². The van der Waals surface area contributed by atoms with Gasteiger partial charge in [0.1, 0.15) is 0 Å². The van der Waals surface area contributed by atoms with Gasteiger partial charge in [-0.05, 0) is 41.7 Å². The summed E-state index contributed by atoms with van der Waals surface area (Å²) in [7, 11) is 0.358. The maximum atomic E-state index is 12.4. The summed E-state index contributed by atoms with van der Waals surface area (Å²) in [5, 5.41) is 6.51. The maximum absolute atomic E-state index is 12.4. The van der Waals surface area contributed by atoms with Gasteiger partial charge in [0.2, 0.25) is 0 Å². The van der Waals surface area contributed by atoms with Crippen LogP contribution >= 0.6 is 10.6 Å². The van der Waals surface area contributed by atoms with Crippen LogP contribution in [0.15, 0.2) is 47.4 Å². The molecule has 0 spiro atoms. The second-order valence-corrected chi connectivity index (χ2v) is 12.4. The van der Waals surface area contributed by atoms with E-state index in [1.807, 2.05) is 62.3 Å². The van der Waals surface area contributed by atoms with Crippen molar-refractivity contribution in [2.24, 2.45) is 0 Å². The highest BCUT2D eigenvalue weighted by Crippen LogP contribution is 2.58. The fraction of sp³-hybridized carbons (Fsp3) is 0.500. The smallest absolute Gasteiger partial charge is 0.385 e. The van der Waals surface area contributed by atoms with E-state index >= 15 is 0 Å². The molecule has 222 valence electrons.